The third-order valence-electron chi connectivity index (χ3n) is 6.80. The van der Waals surface area contributed by atoms with Crippen molar-refractivity contribution < 1.29 is 18.7 Å². The van der Waals surface area contributed by atoms with E-state index >= 15 is 0 Å². The average molecular weight is 388 g/mol. The number of carbonyl (C=O) groups is 2. The maximum absolute atomic E-state index is 13.8. The summed E-state index contributed by atoms with van der Waals surface area (Å²) in [5.74, 6) is -0.217. The number of aryl methyl sites for hydroxylation is 1. The Bertz CT molecular complexity index is 777. The third-order valence-corrected chi connectivity index (χ3v) is 6.80. The van der Waals surface area contributed by atoms with E-state index in [0.29, 0.717) is 24.2 Å². The van der Waals surface area contributed by atoms with Gasteiger partial charge in [-0.15, -0.1) is 0 Å². The van der Waals surface area contributed by atoms with Gasteiger partial charge in [0.15, 0.2) is 0 Å². The molecule has 0 bridgehead atoms. The van der Waals surface area contributed by atoms with Crippen molar-refractivity contribution in [3.05, 3.63) is 35.1 Å². The van der Waals surface area contributed by atoms with Crippen molar-refractivity contribution >= 4 is 11.8 Å². The molecule has 1 aromatic carbocycles. The number of rotatable bonds is 2. The summed E-state index contributed by atoms with van der Waals surface area (Å²) in [7, 11) is 0. The van der Waals surface area contributed by atoms with Crippen LogP contribution in [0.25, 0.3) is 0 Å². The summed E-state index contributed by atoms with van der Waals surface area (Å²) in [6.45, 7) is 6.61. The summed E-state index contributed by atoms with van der Waals surface area (Å²) in [6.07, 6.45) is 4.16. The largest absolute Gasteiger partial charge is 0.362 e. The number of amides is 2. The van der Waals surface area contributed by atoms with Crippen LogP contribution < -0.4 is 0 Å². The first-order valence-electron chi connectivity index (χ1n) is 10.4. The Morgan fingerprint density at radius 1 is 1.14 bits per heavy atom. The Balaban J connectivity index is 1.40. The first-order chi connectivity index (χ1) is 13.4. The van der Waals surface area contributed by atoms with Crippen molar-refractivity contribution in [1.29, 1.82) is 0 Å². The minimum Gasteiger partial charge on any atom is -0.362 e. The third kappa shape index (κ3) is 3.43. The smallest absolute Gasteiger partial charge is 0.253 e. The van der Waals surface area contributed by atoms with Crippen molar-refractivity contribution in [1.82, 2.24) is 9.80 Å². The van der Waals surface area contributed by atoms with Gasteiger partial charge in [0.25, 0.3) is 11.8 Å². The van der Waals surface area contributed by atoms with E-state index in [9.17, 15) is 14.0 Å². The fraction of sp³-hybridized carbons (Fsp3) is 0.636. The van der Waals surface area contributed by atoms with Crippen LogP contribution in [0.1, 0.15) is 54.9 Å². The van der Waals surface area contributed by atoms with Gasteiger partial charge in [0.1, 0.15) is 11.9 Å². The number of nitrogens with zero attached hydrogens (tertiary/aromatic N) is 2. The zero-order chi connectivity index (χ0) is 19.9. The lowest BCUT2D eigenvalue weighted by molar-refractivity contribution is -0.154. The number of benzene rings is 1. The first kappa shape index (κ1) is 19.4. The zero-order valence-electron chi connectivity index (χ0n) is 16.7. The maximum Gasteiger partial charge on any atom is 0.253 e. The van der Waals surface area contributed by atoms with E-state index in [1.165, 1.54) is 6.07 Å². The van der Waals surface area contributed by atoms with E-state index in [4.69, 9.17) is 4.74 Å². The van der Waals surface area contributed by atoms with Crippen LogP contribution in [0, 0.1) is 18.7 Å². The molecule has 4 rings (SSSR count). The van der Waals surface area contributed by atoms with Crippen LogP contribution in [-0.4, -0.2) is 59.5 Å². The van der Waals surface area contributed by atoms with Crippen molar-refractivity contribution in [2.24, 2.45) is 5.92 Å². The molecule has 1 spiro atoms. The zero-order valence-corrected chi connectivity index (χ0v) is 16.7. The van der Waals surface area contributed by atoms with Gasteiger partial charge in [-0.25, -0.2) is 4.39 Å². The number of piperidine rings is 1. The average Bonchev–Trinajstić information content (AvgIpc) is 3.36. The van der Waals surface area contributed by atoms with E-state index in [0.717, 1.165) is 45.2 Å². The number of halogens is 1. The molecule has 28 heavy (non-hydrogen) atoms. The second-order valence-electron chi connectivity index (χ2n) is 8.61. The van der Waals surface area contributed by atoms with Gasteiger partial charge < -0.3 is 14.5 Å². The minimum absolute atomic E-state index is 0.134. The fourth-order valence-corrected chi connectivity index (χ4v) is 4.89. The molecule has 3 heterocycles. The highest BCUT2D eigenvalue weighted by atomic mass is 19.1. The Hall–Kier alpha value is -1.95. The second-order valence-corrected chi connectivity index (χ2v) is 8.61. The normalized spacial score (nSPS) is 30.2. The Kier molecular flexibility index (Phi) is 5.17. The molecule has 3 aliphatic rings. The molecule has 3 fully saturated rings. The molecule has 152 valence electrons. The van der Waals surface area contributed by atoms with Crippen LogP contribution in [0.4, 0.5) is 4.39 Å². The SMILES string of the molecule is Cc1ccc(C(=O)N2CC[C@]3(CC[C@H](C(=O)N4CCCC4)O3)[C@H](C)C2)cc1F. The van der Waals surface area contributed by atoms with Gasteiger partial charge in [-0.3, -0.25) is 9.59 Å². The molecule has 3 saturated heterocycles. The van der Waals surface area contributed by atoms with Crippen LogP contribution in [0.15, 0.2) is 18.2 Å². The summed E-state index contributed by atoms with van der Waals surface area (Å²) in [5.41, 5.74) is 0.603. The summed E-state index contributed by atoms with van der Waals surface area (Å²) in [5, 5.41) is 0. The number of carbonyl (C=O) groups excluding carboxylic acids is 2. The van der Waals surface area contributed by atoms with Crippen LogP contribution >= 0.6 is 0 Å². The molecule has 0 aromatic heterocycles. The molecule has 6 heteroatoms. The van der Waals surface area contributed by atoms with Crippen LogP contribution in [0.2, 0.25) is 0 Å². The molecule has 0 saturated carbocycles. The lowest BCUT2D eigenvalue weighted by Crippen LogP contribution is -2.53. The van der Waals surface area contributed by atoms with E-state index in [2.05, 4.69) is 6.92 Å². The standard InChI is InChI=1S/C22H29FN2O3/c1-15-5-6-17(13-18(15)23)20(26)25-12-9-22(16(2)14-25)8-7-19(28-22)21(27)24-10-3-4-11-24/h5-6,13,16,19H,3-4,7-12,14H2,1-2H3/t16-,19-,22-/m1/s1. The minimum atomic E-state index is -0.352. The quantitative estimate of drug-likeness (QED) is 0.782. The molecule has 2 amide bonds. The molecule has 0 unspecified atom stereocenters. The summed E-state index contributed by atoms with van der Waals surface area (Å²) < 4.78 is 20.2. The van der Waals surface area contributed by atoms with Crippen molar-refractivity contribution in [2.45, 2.75) is 57.7 Å². The Morgan fingerprint density at radius 2 is 1.89 bits per heavy atom. The number of ether oxygens (including phenoxy) is 1. The van der Waals surface area contributed by atoms with Crippen LogP contribution in [-0.2, 0) is 9.53 Å². The molecule has 5 nitrogen and oxygen atoms in total. The summed E-state index contributed by atoms with van der Waals surface area (Å²) >= 11 is 0. The molecular weight excluding hydrogens is 359 g/mol. The monoisotopic (exact) mass is 388 g/mol. The number of likely N-dealkylation sites (tertiary alicyclic amines) is 2. The fourth-order valence-electron chi connectivity index (χ4n) is 4.89. The van der Waals surface area contributed by atoms with Crippen molar-refractivity contribution in [2.75, 3.05) is 26.2 Å². The topological polar surface area (TPSA) is 49.9 Å². The van der Waals surface area contributed by atoms with Gasteiger partial charge in [-0.2, -0.15) is 0 Å². The second kappa shape index (κ2) is 7.47. The highest BCUT2D eigenvalue weighted by Gasteiger charge is 2.50. The molecule has 1 aromatic rings. The van der Waals surface area contributed by atoms with E-state index in [1.807, 2.05) is 4.90 Å². The van der Waals surface area contributed by atoms with E-state index in [-0.39, 0.29) is 35.3 Å². The van der Waals surface area contributed by atoms with Gasteiger partial charge in [0.2, 0.25) is 0 Å². The lowest BCUT2D eigenvalue weighted by atomic mass is 9.80. The van der Waals surface area contributed by atoms with E-state index < -0.39 is 0 Å². The van der Waals surface area contributed by atoms with Crippen LogP contribution in [0.5, 0.6) is 0 Å². The Labute approximate surface area is 165 Å². The van der Waals surface area contributed by atoms with Gasteiger partial charge in [-0.05, 0) is 56.7 Å². The molecular formula is C22H29FN2O3. The first-order valence-corrected chi connectivity index (χ1v) is 10.4. The van der Waals surface area contributed by atoms with Gasteiger partial charge in [0, 0.05) is 37.7 Å². The summed E-state index contributed by atoms with van der Waals surface area (Å²) in [4.78, 5) is 29.2. The summed E-state index contributed by atoms with van der Waals surface area (Å²) in [6, 6.07) is 4.65. The maximum atomic E-state index is 13.8. The van der Waals surface area contributed by atoms with Gasteiger partial charge in [-0.1, -0.05) is 13.0 Å². The van der Waals surface area contributed by atoms with E-state index in [1.54, 1.807) is 24.0 Å². The molecule has 3 aliphatic heterocycles. The molecule has 0 N–H and O–H groups in total. The van der Waals surface area contributed by atoms with Crippen molar-refractivity contribution in [3.63, 3.8) is 0 Å². The van der Waals surface area contributed by atoms with Crippen molar-refractivity contribution in [3.8, 4) is 0 Å². The Morgan fingerprint density at radius 3 is 2.57 bits per heavy atom. The predicted octanol–water partition coefficient (Wildman–Crippen LogP) is 3.16. The molecule has 3 atom stereocenters. The molecule has 0 radical (unpaired) electrons. The number of hydrogen-bond acceptors (Lipinski definition) is 3. The number of hydrogen-bond donors (Lipinski definition) is 0. The predicted molar refractivity (Wildman–Crippen MR) is 103 cm³/mol. The highest BCUT2D eigenvalue weighted by molar-refractivity contribution is 5.94. The van der Waals surface area contributed by atoms with Crippen LogP contribution in [0.3, 0.4) is 0 Å². The van der Waals surface area contributed by atoms with Gasteiger partial charge >= 0.3 is 0 Å². The lowest BCUT2D eigenvalue weighted by Gasteiger charge is -2.44. The highest BCUT2D eigenvalue weighted by Crippen LogP contribution is 2.43. The van der Waals surface area contributed by atoms with Gasteiger partial charge in [0.05, 0.1) is 5.60 Å². The molecule has 0 aliphatic carbocycles.